The fourth-order valence-electron chi connectivity index (χ4n) is 3.18. The molecule has 3 nitrogen and oxygen atoms in total. The molecule has 1 saturated heterocycles. The molecule has 3 rings (SSSR count). The highest BCUT2D eigenvalue weighted by Gasteiger charge is 2.44. The molecule has 1 heterocycles. The summed E-state index contributed by atoms with van der Waals surface area (Å²) in [5.74, 6) is 0. The van der Waals surface area contributed by atoms with Gasteiger partial charge in [0.05, 0.1) is 6.07 Å². The molecule has 0 spiro atoms. The second kappa shape index (κ2) is 4.55. The van der Waals surface area contributed by atoms with Crippen LogP contribution in [-0.4, -0.2) is 31.1 Å². The van der Waals surface area contributed by atoms with Gasteiger partial charge in [-0.3, -0.25) is 4.90 Å². The minimum atomic E-state index is -0.429. The Morgan fingerprint density at radius 1 is 1.33 bits per heavy atom. The van der Waals surface area contributed by atoms with Crippen molar-refractivity contribution in [2.75, 3.05) is 26.2 Å². The summed E-state index contributed by atoms with van der Waals surface area (Å²) in [4.78, 5) is 2.32. The average molecular weight is 262 g/mol. The molecule has 1 aromatic rings. The lowest BCUT2D eigenvalue weighted by Gasteiger charge is -2.39. The largest absolute Gasteiger partial charge is 0.314 e. The maximum absolute atomic E-state index is 9.74. The van der Waals surface area contributed by atoms with Crippen LogP contribution in [0.5, 0.6) is 0 Å². The molecule has 0 bridgehead atoms. The summed E-state index contributed by atoms with van der Waals surface area (Å²) in [5, 5.41) is 13.8. The van der Waals surface area contributed by atoms with Crippen molar-refractivity contribution >= 4 is 11.6 Å². The highest BCUT2D eigenvalue weighted by Crippen LogP contribution is 2.42. The maximum Gasteiger partial charge on any atom is 0.135 e. The summed E-state index contributed by atoms with van der Waals surface area (Å²) in [6, 6.07) is 8.53. The average Bonchev–Trinajstić information content (AvgIpc) is 2.79. The van der Waals surface area contributed by atoms with Crippen molar-refractivity contribution in [1.82, 2.24) is 10.2 Å². The van der Waals surface area contributed by atoms with Gasteiger partial charge >= 0.3 is 0 Å². The first kappa shape index (κ1) is 12.0. The molecule has 2 aliphatic rings. The fourth-order valence-corrected chi connectivity index (χ4v) is 3.38. The monoisotopic (exact) mass is 261 g/mol. The van der Waals surface area contributed by atoms with E-state index in [2.05, 4.69) is 16.3 Å². The van der Waals surface area contributed by atoms with E-state index in [1.807, 2.05) is 18.2 Å². The van der Waals surface area contributed by atoms with Crippen LogP contribution in [-0.2, 0) is 12.0 Å². The van der Waals surface area contributed by atoms with Crippen LogP contribution in [0.2, 0.25) is 5.02 Å². The van der Waals surface area contributed by atoms with Gasteiger partial charge < -0.3 is 5.32 Å². The first-order valence-electron chi connectivity index (χ1n) is 6.42. The summed E-state index contributed by atoms with van der Waals surface area (Å²) < 4.78 is 0. The van der Waals surface area contributed by atoms with Gasteiger partial charge in [0.1, 0.15) is 5.54 Å². The Hall–Kier alpha value is -1.08. The van der Waals surface area contributed by atoms with Crippen molar-refractivity contribution in [2.45, 2.75) is 18.4 Å². The molecule has 4 heteroatoms. The van der Waals surface area contributed by atoms with Crippen LogP contribution in [0.4, 0.5) is 0 Å². The Kier molecular flexibility index (Phi) is 3.03. The number of fused-ring (bicyclic) bond motifs is 1. The van der Waals surface area contributed by atoms with E-state index in [-0.39, 0.29) is 0 Å². The van der Waals surface area contributed by atoms with Crippen molar-refractivity contribution in [1.29, 1.82) is 5.26 Å². The molecule has 1 fully saturated rings. The van der Waals surface area contributed by atoms with Gasteiger partial charge in [-0.15, -0.1) is 0 Å². The van der Waals surface area contributed by atoms with Gasteiger partial charge in [0.25, 0.3) is 0 Å². The third-order valence-corrected chi connectivity index (χ3v) is 4.35. The zero-order valence-corrected chi connectivity index (χ0v) is 11.0. The van der Waals surface area contributed by atoms with Gasteiger partial charge in [-0.2, -0.15) is 5.26 Å². The van der Waals surface area contributed by atoms with E-state index < -0.39 is 5.54 Å². The van der Waals surface area contributed by atoms with Crippen molar-refractivity contribution in [3.8, 4) is 6.07 Å². The summed E-state index contributed by atoms with van der Waals surface area (Å²) in [7, 11) is 0. The van der Waals surface area contributed by atoms with Gasteiger partial charge in [-0.05, 0) is 36.1 Å². The number of nitrogens with zero attached hydrogens (tertiary/aromatic N) is 2. The van der Waals surface area contributed by atoms with E-state index in [1.54, 1.807) is 0 Å². The zero-order valence-electron chi connectivity index (χ0n) is 10.2. The molecule has 0 saturated carbocycles. The first-order valence-corrected chi connectivity index (χ1v) is 6.80. The Bertz CT molecular complexity index is 502. The summed E-state index contributed by atoms with van der Waals surface area (Å²) in [6.07, 6.45) is 1.84. The van der Waals surface area contributed by atoms with Crippen LogP contribution < -0.4 is 5.32 Å². The second-order valence-corrected chi connectivity index (χ2v) is 5.45. The molecule has 1 unspecified atom stereocenters. The Balaban J connectivity index is 2.02. The third kappa shape index (κ3) is 1.73. The lowest BCUT2D eigenvalue weighted by atomic mass is 9.90. The molecule has 94 valence electrons. The van der Waals surface area contributed by atoms with Gasteiger partial charge in [-0.1, -0.05) is 17.7 Å². The quantitative estimate of drug-likeness (QED) is 0.839. The number of aryl methyl sites for hydroxylation is 1. The predicted molar refractivity (Wildman–Crippen MR) is 71.5 cm³/mol. The molecule has 0 amide bonds. The minimum absolute atomic E-state index is 0.429. The number of benzene rings is 1. The van der Waals surface area contributed by atoms with Crippen LogP contribution in [0.1, 0.15) is 17.5 Å². The molecular weight excluding hydrogens is 246 g/mol. The zero-order chi connectivity index (χ0) is 12.6. The van der Waals surface area contributed by atoms with Crippen LogP contribution in [0.3, 0.4) is 0 Å². The number of nitrogens with one attached hydrogen (secondary N) is 1. The van der Waals surface area contributed by atoms with Crippen molar-refractivity contribution in [3.63, 3.8) is 0 Å². The maximum atomic E-state index is 9.74. The highest BCUT2D eigenvalue weighted by atomic mass is 35.5. The number of halogens is 1. The molecule has 1 atom stereocenters. The van der Waals surface area contributed by atoms with E-state index in [0.717, 1.165) is 49.6 Å². The Morgan fingerprint density at radius 3 is 2.83 bits per heavy atom. The van der Waals surface area contributed by atoms with E-state index >= 15 is 0 Å². The summed E-state index contributed by atoms with van der Waals surface area (Å²) in [5.41, 5.74) is 1.97. The first-order chi connectivity index (χ1) is 8.76. The van der Waals surface area contributed by atoms with Crippen molar-refractivity contribution in [3.05, 3.63) is 34.3 Å². The molecular formula is C14H16ClN3. The molecule has 18 heavy (non-hydrogen) atoms. The highest BCUT2D eigenvalue weighted by molar-refractivity contribution is 6.30. The molecule has 1 aliphatic heterocycles. The molecule has 1 aromatic carbocycles. The smallest absolute Gasteiger partial charge is 0.135 e. The minimum Gasteiger partial charge on any atom is -0.314 e. The van der Waals surface area contributed by atoms with Gasteiger partial charge in [0.15, 0.2) is 0 Å². The number of hydrogen-bond acceptors (Lipinski definition) is 3. The van der Waals surface area contributed by atoms with Crippen LogP contribution in [0.25, 0.3) is 0 Å². The molecule has 1 N–H and O–H groups in total. The molecule has 0 aromatic heterocycles. The lowest BCUT2D eigenvalue weighted by molar-refractivity contribution is 0.118. The number of rotatable bonds is 1. The number of nitriles is 1. The van der Waals surface area contributed by atoms with E-state index in [0.29, 0.717) is 0 Å². The van der Waals surface area contributed by atoms with Gasteiger partial charge in [-0.25, -0.2) is 0 Å². The van der Waals surface area contributed by atoms with Crippen LogP contribution in [0.15, 0.2) is 18.2 Å². The summed E-state index contributed by atoms with van der Waals surface area (Å²) in [6.45, 7) is 3.81. The standard InChI is InChI=1S/C14H16ClN3/c15-12-1-2-13-11(9-12)3-4-14(13,10-16)18-7-5-17-6-8-18/h1-2,9,17H,3-8H2. The third-order valence-electron chi connectivity index (χ3n) is 4.11. The fraction of sp³-hybridized carbons (Fsp3) is 0.500. The topological polar surface area (TPSA) is 39.1 Å². The number of piperazine rings is 1. The Morgan fingerprint density at radius 2 is 2.11 bits per heavy atom. The van der Waals surface area contributed by atoms with Gasteiger partial charge in [0.2, 0.25) is 0 Å². The van der Waals surface area contributed by atoms with E-state index in [1.165, 1.54) is 5.56 Å². The Labute approximate surface area is 112 Å². The van der Waals surface area contributed by atoms with E-state index in [9.17, 15) is 5.26 Å². The number of hydrogen-bond donors (Lipinski definition) is 1. The molecule has 0 radical (unpaired) electrons. The van der Waals surface area contributed by atoms with Crippen molar-refractivity contribution < 1.29 is 0 Å². The SMILES string of the molecule is N#CC1(N2CCNCC2)CCc2cc(Cl)ccc21. The van der Waals surface area contributed by atoms with E-state index in [4.69, 9.17) is 11.6 Å². The van der Waals surface area contributed by atoms with Crippen LogP contribution >= 0.6 is 11.6 Å². The predicted octanol–water partition coefficient (Wildman–Crippen LogP) is 1.91. The normalized spacial score (nSPS) is 27.8. The molecule has 1 aliphatic carbocycles. The summed E-state index contributed by atoms with van der Waals surface area (Å²) >= 11 is 6.04. The van der Waals surface area contributed by atoms with Crippen LogP contribution in [0, 0.1) is 11.3 Å². The van der Waals surface area contributed by atoms with Gasteiger partial charge in [0, 0.05) is 31.2 Å². The van der Waals surface area contributed by atoms with Crippen molar-refractivity contribution in [2.24, 2.45) is 0 Å². The second-order valence-electron chi connectivity index (χ2n) is 5.01. The lowest BCUT2D eigenvalue weighted by Crippen LogP contribution is -2.53.